The van der Waals surface area contributed by atoms with Gasteiger partial charge in [0.25, 0.3) is 5.56 Å². The third-order valence-corrected chi connectivity index (χ3v) is 11.6. The van der Waals surface area contributed by atoms with Crippen LogP contribution in [0.15, 0.2) is 132 Å². The van der Waals surface area contributed by atoms with Crippen molar-refractivity contribution in [2.24, 2.45) is 0 Å². The molecule has 174 valence electrons. The van der Waals surface area contributed by atoms with Gasteiger partial charge in [0.2, 0.25) is 4.96 Å². The average molecular weight is 505 g/mol. The molecule has 0 fully saturated rings. The highest BCUT2D eigenvalue weighted by atomic mass is 32.1. The third kappa shape index (κ3) is 4.07. The zero-order valence-corrected chi connectivity index (χ0v) is 21.1. The Bertz CT molecular complexity index is 1570. The zero-order valence-electron chi connectivity index (χ0n) is 19.4. The van der Waals surface area contributed by atoms with E-state index in [1.807, 2.05) is 48.5 Å². The summed E-state index contributed by atoms with van der Waals surface area (Å²) in [7, 11) is -2.15. The van der Waals surface area contributed by atoms with Crippen LogP contribution in [0.2, 0.25) is 0 Å². The normalized spacial score (nSPS) is 11.6. The van der Waals surface area contributed by atoms with Gasteiger partial charge in [-0.15, -0.1) is 0 Å². The number of hydrogen-bond acceptors (Lipinski definition) is 4. The molecule has 4 aromatic carbocycles. The molecule has 6 aromatic rings. The van der Waals surface area contributed by atoms with Crippen LogP contribution in [0.5, 0.6) is 0 Å². The molecule has 0 saturated heterocycles. The van der Waals surface area contributed by atoms with Gasteiger partial charge in [-0.1, -0.05) is 96.3 Å². The molecule has 36 heavy (non-hydrogen) atoms. The van der Waals surface area contributed by atoms with Gasteiger partial charge in [0.15, 0.2) is 0 Å². The van der Waals surface area contributed by atoms with Crippen LogP contribution in [-0.2, 0) is 6.16 Å². The van der Waals surface area contributed by atoms with E-state index < -0.39 is 7.26 Å². The summed E-state index contributed by atoms with van der Waals surface area (Å²) in [5.41, 5.74) is 1.61. The number of hydrogen-bond donors (Lipinski definition) is 0. The Balaban J connectivity index is 1.55. The second-order valence-corrected chi connectivity index (χ2v) is 13.0. The minimum atomic E-state index is -2.15. The summed E-state index contributed by atoms with van der Waals surface area (Å²) in [5, 5.41) is 9.14. The number of nitrogens with zero attached hydrogens (tertiary/aromatic N) is 3. The van der Waals surface area contributed by atoms with Crippen LogP contribution < -0.4 is 21.5 Å². The van der Waals surface area contributed by atoms with E-state index in [0.717, 1.165) is 16.3 Å². The van der Waals surface area contributed by atoms with E-state index in [2.05, 4.69) is 77.9 Å². The minimum Gasteiger partial charge on any atom is -0.267 e. The smallest absolute Gasteiger partial charge is 0.267 e. The quantitative estimate of drug-likeness (QED) is 0.289. The van der Waals surface area contributed by atoms with Gasteiger partial charge in [-0.05, 0) is 36.4 Å². The highest BCUT2D eigenvalue weighted by Gasteiger charge is 2.46. The molecule has 4 nitrogen and oxygen atoms in total. The Labute approximate surface area is 213 Å². The maximum atomic E-state index is 13.2. The van der Waals surface area contributed by atoms with Crippen molar-refractivity contribution in [1.82, 2.24) is 14.6 Å². The molecule has 0 unspecified atom stereocenters. The van der Waals surface area contributed by atoms with Gasteiger partial charge < -0.3 is 0 Å². The highest BCUT2D eigenvalue weighted by Crippen LogP contribution is 2.57. The minimum absolute atomic E-state index is 0.152. The Morgan fingerprint density at radius 3 is 1.64 bits per heavy atom. The van der Waals surface area contributed by atoms with E-state index in [-0.39, 0.29) is 5.56 Å². The van der Waals surface area contributed by atoms with Crippen molar-refractivity contribution in [2.45, 2.75) is 6.16 Å². The molecule has 0 saturated carbocycles. The summed E-state index contributed by atoms with van der Waals surface area (Å²) >= 11 is 1.45. The fraction of sp³-hybridized carbons (Fsp3) is 0.0333. The summed E-state index contributed by atoms with van der Waals surface area (Å²) in [6.07, 6.45) is 0.648. The van der Waals surface area contributed by atoms with Gasteiger partial charge in [-0.25, -0.2) is 4.98 Å². The summed E-state index contributed by atoms with van der Waals surface area (Å²) in [4.78, 5) is 18.8. The molecular formula is C30H23N3OPS+. The average Bonchev–Trinajstić information content (AvgIpc) is 3.39. The number of fused-ring (bicyclic) bond motifs is 1. The van der Waals surface area contributed by atoms with E-state index in [1.165, 1.54) is 31.8 Å². The molecule has 6 rings (SSSR count). The first-order valence-electron chi connectivity index (χ1n) is 11.7. The fourth-order valence-corrected chi connectivity index (χ4v) is 9.71. The van der Waals surface area contributed by atoms with Crippen LogP contribution >= 0.6 is 18.6 Å². The van der Waals surface area contributed by atoms with Gasteiger partial charge in [0.1, 0.15) is 34.3 Å². The summed E-state index contributed by atoms with van der Waals surface area (Å²) in [6.45, 7) is 0. The molecule has 0 aliphatic rings. The molecule has 0 bridgehead atoms. The number of benzene rings is 4. The van der Waals surface area contributed by atoms with Crippen LogP contribution in [0.1, 0.15) is 5.69 Å². The van der Waals surface area contributed by atoms with Crippen molar-refractivity contribution in [3.8, 4) is 10.6 Å². The SMILES string of the molecule is O=c1cc(C[P+](c2ccccc2)(c2ccccc2)c2ccccc2)nc2sc(-c3ccccc3)nn12. The lowest BCUT2D eigenvalue weighted by Gasteiger charge is -2.27. The predicted molar refractivity (Wildman–Crippen MR) is 151 cm³/mol. The maximum absolute atomic E-state index is 13.2. The van der Waals surface area contributed by atoms with Crippen LogP contribution in [0.4, 0.5) is 0 Å². The second kappa shape index (κ2) is 9.62. The molecular weight excluding hydrogens is 481 g/mol. The summed E-state index contributed by atoms with van der Waals surface area (Å²) in [6, 6.07) is 43.5. The van der Waals surface area contributed by atoms with Crippen molar-refractivity contribution in [1.29, 1.82) is 0 Å². The van der Waals surface area contributed by atoms with Gasteiger partial charge >= 0.3 is 0 Å². The van der Waals surface area contributed by atoms with Gasteiger partial charge in [0, 0.05) is 11.6 Å². The first-order chi connectivity index (χ1) is 17.7. The van der Waals surface area contributed by atoms with E-state index in [4.69, 9.17) is 4.98 Å². The van der Waals surface area contributed by atoms with Crippen LogP contribution in [0.25, 0.3) is 15.5 Å². The Hall–Kier alpha value is -3.92. The van der Waals surface area contributed by atoms with Crippen molar-refractivity contribution < 1.29 is 0 Å². The Morgan fingerprint density at radius 1 is 0.667 bits per heavy atom. The molecule has 0 radical (unpaired) electrons. The van der Waals surface area contributed by atoms with Crippen LogP contribution in [0.3, 0.4) is 0 Å². The molecule has 0 aliphatic carbocycles. The molecule has 0 spiro atoms. The first-order valence-corrected chi connectivity index (χ1v) is 14.5. The van der Waals surface area contributed by atoms with Gasteiger partial charge in [-0.3, -0.25) is 4.79 Å². The van der Waals surface area contributed by atoms with Crippen LogP contribution in [0, 0.1) is 0 Å². The largest absolute Gasteiger partial charge is 0.275 e. The van der Waals surface area contributed by atoms with Gasteiger partial charge in [-0.2, -0.15) is 9.61 Å². The number of aromatic nitrogens is 3. The zero-order chi connectivity index (χ0) is 24.4. The second-order valence-electron chi connectivity index (χ2n) is 8.53. The number of rotatable bonds is 6. The van der Waals surface area contributed by atoms with Crippen molar-refractivity contribution in [2.75, 3.05) is 0 Å². The maximum Gasteiger partial charge on any atom is 0.275 e. The molecule has 0 atom stereocenters. The Kier molecular flexibility index (Phi) is 6.02. The van der Waals surface area contributed by atoms with E-state index in [9.17, 15) is 4.79 Å². The predicted octanol–water partition coefficient (Wildman–Crippen LogP) is 5.31. The summed E-state index contributed by atoms with van der Waals surface area (Å²) < 4.78 is 1.42. The molecule has 2 aromatic heterocycles. The first kappa shape index (κ1) is 22.5. The molecule has 2 heterocycles. The topological polar surface area (TPSA) is 47.3 Å². The molecule has 0 amide bonds. The van der Waals surface area contributed by atoms with Crippen molar-refractivity contribution in [3.63, 3.8) is 0 Å². The Morgan fingerprint density at radius 2 is 1.14 bits per heavy atom. The van der Waals surface area contributed by atoms with Crippen molar-refractivity contribution >= 4 is 39.5 Å². The standard InChI is InChI=1S/C30H23N3OPS/c34-28-21-24(31-30-33(28)32-29(36-30)23-13-5-1-6-14-23)22-35(25-15-7-2-8-16-25,26-17-9-3-10-18-26)27-19-11-4-12-20-27/h1-21H,22H2/q+1. The molecule has 0 N–H and O–H groups in total. The fourth-order valence-electron chi connectivity index (χ4n) is 4.65. The van der Waals surface area contributed by atoms with Gasteiger partial charge in [0.05, 0.1) is 5.69 Å². The van der Waals surface area contributed by atoms with E-state index in [1.54, 1.807) is 6.07 Å². The summed E-state index contributed by atoms with van der Waals surface area (Å²) in [5.74, 6) is 0. The lowest BCUT2D eigenvalue weighted by atomic mass is 10.2. The van der Waals surface area contributed by atoms with E-state index in [0.29, 0.717) is 11.1 Å². The molecule has 6 heteroatoms. The van der Waals surface area contributed by atoms with E-state index >= 15 is 0 Å². The molecule has 0 aliphatic heterocycles. The lowest BCUT2D eigenvalue weighted by Crippen LogP contribution is -2.33. The lowest BCUT2D eigenvalue weighted by molar-refractivity contribution is 0.891. The van der Waals surface area contributed by atoms with Crippen molar-refractivity contribution in [3.05, 3.63) is 143 Å². The van der Waals surface area contributed by atoms with Crippen LogP contribution in [-0.4, -0.2) is 14.6 Å². The monoisotopic (exact) mass is 504 g/mol. The highest BCUT2D eigenvalue weighted by molar-refractivity contribution is 7.95. The third-order valence-electron chi connectivity index (χ3n) is 6.31.